The molecule has 0 amide bonds. The monoisotopic (exact) mass is 418 g/mol. The van der Waals surface area contributed by atoms with Crippen LogP contribution in [0.25, 0.3) is 5.57 Å². The summed E-state index contributed by atoms with van der Waals surface area (Å²) in [5.74, 6) is -1.81. The molecule has 0 aliphatic carbocycles. The van der Waals surface area contributed by atoms with Gasteiger partial charge in [0.2, 0.25) is 0 Å². The normalized spacial score (nSPS) is 18.0. The highest BCUT2D eigenvalue weighted by atomic mass is 32.2. The molecule has 29 heavy (non-hydrogen) atoms. The molecule has 3 nitrogen and oxygen atoms in total. The van der Waals surface area contributed by atoms with E-state index in [-0.39, 0.29) is 23.7 Å². The summed E-state index contributed by atoms with van der Waals surface area (Å²) in [6, 6.07) is 7.71. The van der Waals surface area contributed by atoms with Crippen molar-refractivity contribution in [2.45, 2.75) is 45.1 Å². The second-order valence-corrected chi connectivity index (χ2v) is 8.70. The second-order valence-electron chi connectivity index (χ2n) is 7.61. The van der Waals surface area contributed by atoms with Crippen LogP contribution in [0.5, 0.6) is 0 Å². The van der Waals surface area contributed by atoms with Crippen molar-refractivity contribution in [1.82, 2.24) is 0 Å². The first-order chi connectivity index (χ1) is 13.7. The van der Waals surface area contributed by atoms with Gasteiger partial charge in [-0.15, -0.1) is 11.8 Å². The van der Waals surface area contributed by atoms with Gasteiger partial charge in [-0.2, -0.15) is 0 Å². The van der Waals surface area contributed by atoms with Crippen LogP contribution in [-0.2, 0) is 9.53 Å². The molecule has 1 aliphatic heterocycles. The number of carbonyl (C=O) groups excluding carboxylic acids is 1. The zero-order valence-electron chi connectivity index (χ0n) is 16.9. The Hall–Kier alpha value is -2.34. The number of esters is 1. The molecule has 0 fully saturated rings. The highest BCUT2D eigenvalue weighted by molar-refractivity contribution is 7.99. The van der Waals surface area contributed by atoms with E-state index in [0.29, 0.717) is 10.6 Å². The van der Waals surface area contributed by atoms with Crippen molar-refractivity contribution < 1.29 is 23.4 Å². The predicted molar refractivity (Wildman–Crippen MR) is 111 cm³/mol. The van der Waals surface area contributed by atoms with Gasteiger partial charge in [-0.3, -0.25) is 0 Å². The first kappa shape index (κ1) is 21.4. The van der Waals surface area contributed by atoms with E-state index >= 15 is 0 Å². The zero-order valence-corrected chi connectivity index (χ0v) is 17.7. The van der Waals surface area contributed by atoms with Gasteiger partial charge in [0.1, 0.15) is 17.4 Å². The standard InChI is InChI=1S/C23H24F2O3S/c1-12-7-13(2)21(14(3)8-12)22-19(26)10-20(28-23(22)27)15(4)11-29-16-5-6-17(24)18(25)9-16/h5-9,15,20,26H,10-11H2,1-4H3. The lowest BCUT2D eigenvalue weighted by atomic mass is 9.89. The molecule has 0 saturated carbocycles. The van der Waals surface area contributed by atoms with Gasteiger partial charge in [0, 0.05) is 23.0 Å². The quantitative estimate of drug-likeness (QED) is 0.485. The van der Waals surface area contributed by atoms with Gasteiger partial charge >= 0.3 is 5.97 Å². The topological polar surface area (TPSA) is 46.5 Å². The van der Waals surface area contributed by atoms with Crippen molar-refractivity contribution in [3.05, 3.63) is 70.0 Å². The molecule has 0 bridgehead atoms. The molecule has 2 aromatic rings. The van der Waals surface area contributed by atoms with Gasteiger partial charge in [0.25, 0.3) is 0 Å². The lowest BCUT2D eigenvalue weighted by molar-refractivity contribution is -0.145. The second kappa shape index (κ2) is 8.57. The third-order valence-electron chi connectivity index (χ3n) is 5.11. The Morgan fingerprint density at radius 1 is 1.14 bits per heavy atom. The Morgan fingerprint density at radius 2 is 1.79 bits per heavy atom. The van der Waals surface area contributed by atoms with Gasteiger partial charge in [-0.05, 0) is 55.7 Å². The van der Waals surface area contributed by atoms with Gasteiger partial charge in [0.05, 0.1) is 0 Å². The maximum Gasteiger partial charge on any atom is 0.342 e. The zero-order chi connectivity index (χ0) is 21.3. The van der Waals surface area contributed by atoms with E-state index in [0.717, 1.165) is 34.4 Å². The summed E-state index contributed by atoms with van der Waals surface area (Å²) in [4.78, 5) is 13.3. The fraction of sp³-hybridized carbons (Fsp3) is 0.348. The Kier molecular flexibility index (Phi) is 6.32. The molecule has 1 aliphatic rings. The summed E-state index contributed by atoms with van der Waals surface area (Å²) in [6.07, 6.45) is -0.247. The van der Waals surface area contributed by atoms with Crippen LogP contribution in [0.4, 0.5) is 8.78 Å². The summed E-state index contributed by atoms with van der Waals surface area (Å²) in [5.41, 5.74) is 3.88. The third-order valence-corrected chi connectivity index (χ3v) is 6.39. The van der Waals surface area contributed by atoms with E-state index in [9.17, 15) is 18.7 Å². The molecule has 1 N–H and O–H groups in total. The molecule has 1 heterocycles. The van der Waals surface area contributed by atoms with Crippen LogP contribution in [0, 0.1) is 38.3 Å². The minimum absolute atomic E-state index is 0.0333. The Morgan fingerprint density at radius 3 is 2.38 bits per heavy atom. The number of hydrogen-bond donors (Lipinski definition) is 1. The molecule has 0 spiro atoms. The van der Waals surface area contributed by atoms with Crippen LogP contribution in [0.3, 0.4) is 0 Å². The molecule has 6 heteroatoms. The van der Waals surface area contributed by atoms with Crippen LogP contribution in [-0.4, -0.2) is 22.9 Å². The number of aliphatic hydroxyl groups is 1. The Bertz CT molecular complexity index is 961. The van der Waals surface area contributed by atoms with E-state index in [1.807, 2.05) is 39.8 Å². The van der Waals surface area contributed by atoms with Gasteiger partial charge in [0.15, 0.2) is 11.6 Å². The third kappa shape index (κ3) is 4.64. The molecular weight excluding hydrogens is 394 g/mol. The molecule has 0 radical (unpaired) electrons. The van der Waals surface area contributed by atoms with E-state index in [2.05, 4.69) is 0 Å². The summed E-state index contributed by atoms with van der Waals surface area (Å²) >= 11 is 1.36. The molecule has 2 atom stereocenters. The van der Waals surface area contributed by atoms with Gasteiger partial charge in [-0.25, -0.2) is 13.6 Å². The van der Waals surface area contributed by atoms with E-state index in [1.54, 1.807) is 0 Å². The number of carbonyl (C=O) groups is 1. The van der Waals surface area contributed by atoms with Crippen molar-refractivity contribution in [3.8, 4) is 0 Å². The molecule has 3 rings (SSSR count). The van der Waals surface area contributed by atoms with E-state index in [1.165, 1.54) is 17.8 Å². The Balaban J connectivity index is 1.75. The SMILES string of the molecule is Cc1cc(C)c(C2=C(O)CC(C(C)CSc3ccc(F)c(F)c3)OC2=O)c(C)c1. The molecular formula is C23H24F2O3S. The first-order valence-electron chi connectivity index (χ1n) is 9.46. The van der Waals surface area contributed by atoms with Crippen molar-refractivity contribution >= 4 is 23.3 Å². The van der Waals surface area contributed by atoms with Crippen molar-refractivity contribution in [2.24, 2.45) is 5.92 Å². The average Bonchev–Trinajstić information content (AvgIpc) is 2.63. The van der Waals surface area contributed by atoms with Crippen LogP contribution in [0.2, 0.25) is 0 Å². The number of aryl methyl sites for hydroxylation is 3. The summed E-state index contributed by atoms with van der Waals surface area (Å²) < 4.78 is 32.1. The number of aliphatic hydroxyl groups excluding tert-OH is 1. The minimum atomic E-state index is -0.888. The highest BCUT2D eigenvalue weighted by Gasteiger charge is 2.34. The van der Waals surface area contributed by atoms with Crippen molar-refractivity contribution in [1.29, 1.82) is 0 Å². The Labute approximate surface area is 173 Å². The molecule has 2 unspecified atom stereocenters. The summed E-state index contributed by atoms with van der Waals surface area (Å²) in [6.45, 7) is 7.72. The average molecular weight is 419 g/mol. The maximum atomic E-state index is 13.4. The van der Waals surface area contributed by atoms with Crippen molar-refractivity contribution in [2.75, 3.05) is 5.75 Å². The molecule has 0 aromatic heterocycles. The smallest absolute Gasteiger partial charge is 0.342 e. The fourth-order valence-electron chi connectivity index (χ4n) is 3.69. The van der Waals surface area contributed by atoms with Crippen LogP contribution in [0.15, 0.2) is 41.0 Å². The van der Waals surface area contributed by atoms with Crippen LogP contribution in [0.1, 0.15) is 35.6 Å². The number of thioether (sulfide) groups is 1. The number of ether oxygens (including phenoxy) is 1. The maximum absolute atomic E-state index is 13.4. The molecule has 154 valence electrons. The highest BCUT2D eigenvalue weighted by Crippen LogP contribution is 2.35. The van der Waals surface area contributed by atoms with Crippen molar-refractivity contribution in [3.63, 3.8) is 0 Å². The van der Waals surface area contributed by atoms with Crippen LogP contribution < -0.4 is 0 Å². The number of cyclic esters (lactones) is 1. The van der Waals surface area contributed by atoms with Gasteiger partial charge in [-0.1, -0.05) is 24.6 Å². The van der Waals surface area contributed by atoms with E-state index < -0.39 is 23.7 Å². The van der Waals surface area contributed by atoms with E-state index in [4.69, 9.17) is 4.74 Å². The predicted octanol–water partition coefficient (Wildman–Crippen LogP) is 5.90. The number of halogens is 2. The molecule has 0 saturated heterocycles. The minimum Gasteiger partial charge on any atom is -0.511 e. The largest absolute Gasteiger partial charge is 0.511 e. The lowest BCUT2D eigenvalue weighted by Crippen LogP contribution is -2.32. The first-order valence-corrected chi connectivity index (χ1v) is 10.4. The molecule has 2 aromatic carbocycles. The summed E-state index contributed by atoms with van der Waals surface area (Å²) in [5, 5.41) is 10.7. The van der Waals surface area contributed by atoms with Crippen LogP contribution >= 0.6 is 11.8 Å². The number of benzene rings is 2. The number of hydrogen-bond acceptors (Lipinski definition) is 4. The lowest BCUT2D eigenvalue weighted by Gasteiger charge is -2.29. The summed E-state index contributed by atoms with van der Waals surface area (Å²) in [7, 11) is 0. The number of rotatable bonds is 5. The fourth-order valence-corrected chi connectivity index (χ4v) is 4.71. The van der Waals surface area contributed by atoms with Gasteiger partial charge < -0.3 is 9.84 Å².